The Bertz CT molecular complexity index is 247. The van der Waals surface area contributed by atoms with Gasteiger partial charge in [-0.25, -0.2) is 0 Å². The predicted octanol–water partition coefficient (Wildman–Crippen LogP) is 2.45. The van der Waals surface area contributed by atoms with Crippen LogP contribution in [-0.2, 0) is 4.79 Å². The van der Waals surface area contributed by atoms with Gasteiger partial charge in [-0.2, -0.15) is 0 Å². The van der Waals surface area contributed by atoms with Crippen LogP contribution in [0, 0.1) is 11.8 Å². The van der Waals surface area contributed by atoms with Gasteiger partial charge in [-0.05, 0) is 31.6 Å². The van der Waals surface area contributed by atoms with Gasteiger partial charge in [0.25, 0.3) is 0 Å². The van der Waals surface area contributed by atoms with Gasteiger partial charge in [-0.1, -0.05) is 33.1 Å². The molecule has 1 aliphatic rings. The maximum Gasteiger partial charge on any atom is 0.220 e. The molecule has 0 radical (unpaired) electrons. The van der Waals surface area contributed by atoms with Crippen LogP contribution in [0.2, 0.25) is 0 Å². The average molecular weight is 240 g/mol. The first-order chi connectivity index (χ1) is 7.98. The van der Waals surface area contributed by atoms with Gasteiger partial charge in [-0.15, -0.1) is 0 Å². The van der Waals surface area contributed by atoms with Crippen molar-refractivity contribution in [3.63, 3.8) is 0 Å². The van der Waals surface area contributed by atoms with Crippen molar-refractivity contribution in [3.8, 4) is 0 Å². The fraction of sp³-hybridized carbons (Fsp3) is 0.929. The molecule has 0 aromatic carbocycles. The SMILES string of the molecule is CC(C)C(C)(CN)NC(=O)CC1CCCCC1. The third kappa shape index (κ3) is 4.30. The number of nitrogens with one attached hydrogen (secondary N) is 1. The Kier molecular flexibility index (Phi) is 5.44. The number of rotatable bonds is 5. The zero-order valence-electron chi connectivity index (χ0n) is 11.6. The molecule has 0 aromatic rings. The Morgan fingerprint density at radius 3 is 2.41 bits per heavy atom. The number of hydrogen-bond acceptors (Lipinski definition) is 2. The van der Waals surface area contributed by atoms with E-state index in [0.717, 1.165) is 0 Å². The molecule has 0 aliphatic heterocycles. The highest BCUT2D eigenvalue weighted by molar-refractivity contribution is 5.77. The zero-order valence-corrected chi connectivity index (χ0v) is 11.6. The van der Waals surface area contributed by atoms with Crippen molar-refractivity contribution in [2.24, 2.45) is 17.6 Å². The van der Waals surface area contributed by atoms with Crippen LogP contribution in [0.15, 0.2) is 0 Å². The second-order valence-electron chi connectivity index (χ2n) is 6.03. The molecule has 3 nitrogen and oxygen atoms in total. The molecule has 0 aromatic heterocycles. The molecule has 3 N–H and O–H groups in total. The number of nitrogens with two attached hydrogens (primary N) is 1. The monoisotopic (exact) mass is 240 g/mol. The molecule has 1 aliphatic carbocycles. The van der Waals surface area contributed by atoms with Crippen molar-refractivity contribution in [3.05, 3.63) is 0 Å². The second-order valence-corrected chi connectivity index (χ2v) is 6.03. The molecule has 17 heavy (non-hydrogen) atoms. The van der Waals surface area contributed by atoms with Crippen LogP contribution in [0.4, 0.5) is 0 Å². The maximum atomic E-state index is 12.0. The fourth-order valence-electron chi connectivity index (χ4n) is 2.45. The normalized spacial score (nSPS) is 21.2. The molecule has 1 atom stereocenters. The van der Waals surface area contributed by atoms with Crippen molar-refractivity contribution in [1.82, 2.24) is 5.32 Å². The van der Waals surface area contributed by atoms with E-state index in [1.165, 1.54) is 32.1 Å². The first kappa shape index (κ1) is 14.5. The van der Waals surface area contributed by atoms with Gasteiger partial charge < -0.3 is 11.1 Å². The lowest BCUT2D eigenvalue weighted by Gasteiger charge is -2.34. The van der Waals surface area contributed by atoms with Crippen molar-refractivity contribution >= 4 is 5.91 Å². The maximum absolute atomic E-state index is 12.0. The summed E-state index contributed by atoms with van der Waals surface area (Å²) < 4.78 is 0. The lowest BCUT2D eigenvalue weighted by Crippen LogP contribution is -2.55. The van der Waals surface area contributed by atoms with E-state index in [-0.39, 0.29) is 11.4 Å². The second kappa shape index (κ2) is 6.39. The van der Waals surface area contributed by atoms with Crippen LogP contribution in [0.1, 0.15) is 59.3 Å². The largest absolute Gasteiger partial charge is 0.349 e. The van der Waals surface area contributed by atoms with Gasteiger partial charge >= 0.3 is 0 Å². The summed E-state index contributed by atoms with van der Waals surface area (Å²) in [4.78, 5) is 12.0. The standard InChI is InChI=1S/C14H28N2O/c1-11(2)14(3,10-15)16-13(17)9-12-7-5-4-6-8-12/h11-12H,4-10,15H2,1-3H3,(H,16,17). The summed E-state index contributed by atoms with van der Waals surface area (Å²) in [6.07, 6.45) is 7.03. The summed E-state index contributed by atoms with van der Waals surface area (Å²) in [6, 6.07) is 0. The molecule has 0 saturated heterocycles. The van der Waals surface area contributed by atoms with Gasteiger partial charge in [0.15, 0.2) is 0 Å². The molecule has 1 unspecified atom stereocenters. The quantitative estimate of drug-likeness (QED) is 0.775. The van der Waals surface area contributed by atoms with Gasteiger partial charge in [0.1, 0.15) is 0 Å². The van der Waals surface area contributed by atoms with Gasteiger partial charge in [0.2, 0.25) is 5.91 Å². The lowest BCUT2D eigenvalue weighted by atomic mass is 9.85. The van der Waals surface area contributed by atoms with E-state index in [1.54, 1.807) is 0 Å². The number of carbonyl (C=O) groups is 1. The molecule has 0 bridgehead atoms. The van der Waals surface area contributed by atoms with Crippen LogP contribution in [-0.4, -0.2) is 18.0 Å². The predicted molar refractivity (Wildman–Crippen MR) is 71.6 cm³/mol. The fourth-order valence-corrected chi connectivity index (χ4v) is 2.45. The molecular formula is C14H28N2O. The minimum absolute atomic E-state index is 0.179. The highest BCUT2D eigenvalue weighted by Crippen LogP contribution is 2.26. The van der Waals surface area contributed by atoms with Crippen LogP contribution < -0.4 is 11.1 Å². The third-order valence-corrected chi connectivity index (χ3v) is 4.32. The van der Waals surface area contributed by atoms with E-state index >= 15 is 0 Å². The smallest absolute Gasteiger partial charge is 0.220 e. The van der Waals surface area contributed by atoms with Crippen LogP contribution >= 0.6 is 0 Å². The van der Waals surface area contributed by atoms with Gasteiger partial charge in [0.05, 0.1) is 5.54 Å². The molecule has 0 heterocycles. The van der Waals surface area contributed by atoms with E-state index < -0.39 is 0 Å². The van der Waals surface area contributed by atoms with E-state index in [2.05, 4.69) is 19.2 Å². The third-order valence-electron chi connectivity index (χ3n) is 4.32. The van der Waals surface area contributed by atoms with E-state index in [9.17, 15) is 4.79 Å². The van der Waals surface area contributed by atoms with Crippen molar-refractivity contribution in [1.29, 1.82) is 0 Å². The Labute approximate surface area is 106 Å². The number of carbonyl (C=O) groups excluding carboxylic acids is 1. The van der Waals surface area contributed by atoms with E-state index in [0.29, 0.717) is 24.8 Å². The first-order valence-corrected chi connectivity index (χ1v) is 6.99. The summed E-state index contributed by atoms with van der Waals surface area (Å²) in [5.74, 6) is 1.14. The van der Waals surface area contributed by atoms with Crippen molar-refractivity contribution in [2.75, 3.05) is 6.54 Å². The van der Waals surface area contributed by atoms with Crippen molar-refractivity contribution in [2.45, 2.75) is 64.8 Å². The van der Waals surface area contributed by atoms with E-state index in [4.69, 9.17) is 5.73 Å². The Morgan fingerprint density at radius 2 is 1.94 bits per heavy atom. The summed E-state index contributed by atoms with van der Waals surface area (Å²) in [5.41, 5.74) is 5.52. The van der Waals surface area contributed by atoms with Crippen molar-refractivity contribution < 1.29 is 4.79 Å². The zero-order chi connectivity index (χ0) is 12.9. The molecule has 0 spiro atoms. The summed E-state index contributed by atoms with van der Waals surface area (Å²) in [6.45, 7) is 6.75. The number of hydrogen-bond donors (Lipinski definition) is 2. The molecule has 100 valence electrons. The minimum atomic E-state index is -0.258. The molecule has 1 saturated carbocycles. The van der Waals surface area contributed by atoms with E-state index in [1.807, 2.05) is 6.92 Å². The Morgan fingerprint density at radius 1 is 1.35 bits per heavy atom. The van der Waals surface area contributed by atoms with Crippen LogP contribution in [0.25, 0.3) is 0 Å². The van der Waals surface area contributed by atoms with Crippen LogP contribution in [0.5, 0.6) is 0 Å². The molecule has 3 heteroatoms. The molecule has 1 fully saturated rings. The highest BCUT2D eigenvalue weighted by atomic mass is 16.1. The summed E-state index contributed by atoms with van der Waals surface area (Å²) in [7, 11) is 0. The lowest BCUT2D eigenvalue weighted by molar-refractivity contribution is -0.124. The number of amides is 1. The Balaban J connectivity index is 2.42. The Hall–Kier alpha value is -0.570. The first-order valence-electron chi connectivity index (χ1n) is 6.99. The minimum Gasteiger partial charge on any atom is -0.349 e. The summed E-state index contributed by atoms with van der Waals surface area (Å²) in [5, 5.41) is 3.13. The van der Waals surface area contributed by atoms with Crippen LogP contribution in [0.3, 0.4) is 0 Å². The molecule has 1 amide bonds. The topological polar surface area (TPSA) is 55.1 Å². The highest BCUT2D eigenvalue weighted by Gasteiger charge is 2.29. The molecule has 1 rings (SSSR count). The van der Waals surface area contributed by atoms with Gasteiger partial charge in [0, 0.05) is 13.0 Å². The van der Waals surface area contributed by atoms with Gasteiger partial charge in [-0.3, -0.25) is 4.79 Å². The summed E-state index contributed by atoms with van der Waals surface area (Å²) >= 11 is 0. The average Bonchev–Trinajstić information content (AvgIpc) is 2.29. The molecular weight excluding hydrogens is 212 g/mol.